The third-order valence-corrected chi connectivity index (χ3v) is 8.79. The number of amides is 2. The molecule has 1 aromatic heterocycles. The van der Waals surface area contributed by atoms with Gasteiger partial charge >= 0.3 is 0 Å². The first-order valence-corrected chi connectivity index (χ1v) is 15.1. The van der Waals surface area contributed by atoms with Crippen LogP contribution in [0, 0.1) is 13.8 Å². The number of hydrogen-bond donors (Lipinski definition) is 0. The Labute approximate surface area is 251 Å². The highest BCUT2D eigenvalue weighted by Crippen LogP contribution is 2.37. The molecule has 1 saturated heterocycles. The molecule has 2 aliphatic heterocycles. The van der Waals surface area contributed by atoms with E-state index in [4.69, 9.17) is 19.3 Å². The zero-order chi connectivity index (χ0) is 29.6. The number of nitrogens with zero attached hydrogens (tertiary/aromatic N) is 4. The molecule has 5 rings (SSSR count). The number of carbonyl (C=O) groups excluding carboxylic acids is 2. The Bertz CT molecular complexity index is 1430. The maximum Gasteiger partial charge on any atom is 0.264 e. The molecule has 0 spiro atoms. The molecule has 0 bridgehead atoms. The van der Waals surface area contributed by atoms with Gasteiger partial charge in [0, 0.05) is 32.6 Å². The minimum atomic E-state index is -0.355. The Morgan fingerprint density at radius 1 is 1.02 bits per heavy atom. The largest absolute Gasteiger partial charge is 0.493 e. The average molecular weight is 591 g/mol. The Kier molecular flexibility index (Phi) is 9.56. The van der Waals surface area contributed by atoms with Crippen LogP contribution in [0.15, 0.2) is 59.0 Å². The fraction of sp³-hybridized carbons (Fsp3) is 0.406. The van der Waals surface area contributed by atoms with E-state index in [1.54, 1.807) is 30.2 Å². The summed E-state index contributed by atoms with van der Waals surface area (Å²) in [6, 6.07) is 15.2. The van der Waals surface area contributed by atoms with Crippen molar-refractivity contribution in [3.05, 3.63) is 81.0 Å². The predicted octanol–water partition coefficient (Wildman–Crippen LogP) is 4.53. The number of ether oxygens (including phenoxy) is 3. The van der Waals surface area contributed by atoms with Gasteiger partial charge in [-0.1, -0.05) is 24.3 Å². The number of methoxy groups -OCH3 is 2. The van der Waals surface area contributed by atoms with Crippen LogP contribution in [0.5, 0.6) is 11.5 Å². The fourth-order valence-corrected chi connectivity index (χ4v) is 5.98. The molecular formula is C32H38N4O5S. The Hall–Kier alpha value is -3.73. The number of hydrogen-bond acceptors (Lipinski definition) is 8. The number of benzene rings is 2. The van der Waals surface area contributed by atoms with Gasteiger partial charge in [-0.3, -0.25) is 14.5 Å². The van der Waals surface area contributed by atoms with Crippen molar-refractivity contribution in [2.45, 2.75) is 26.3 Å². The monoisotopic (exact) mass is 590 g/mol. The standard InChI is InChI=1S/C32H38N4O5S/c1-22-7-8-24(18-23(22)2)26-20-27(25-9-10-28(39-3)29(19-25)40-4)36(33-26)31(37)21-35(32(38)30-6-5-17-42-30)12-11-34-13-15-41-16-14-34/h5-10,17-19,27H,11-16,20-21H2,1-4H3/t27-/m0/s1. The van der Waals surface area contributed by atoms with Gasteiger partial charge in [0.05, 0.1) is 44.1 Å². The first-order chi connectivity index (χ1) is 20.4. The summed E-state index contributed by atoms with van der Waals surface area (Å²) in [7, 11) is 3.19. The van der Waals surface area contributed by atoms with Crippen LogP contribution in [-0.2, 0) is 9.53 Å². The third kappa shape index (κ3) is 6.67. The number of thiophene rings is 1. The summed E-state index contributed by atoms with van der Waals surface area (Å²) in [5.74, 6) is 0.817. The Morgan fingerprint density at radius 2 is 1.81 bits per heavy atom. The maximum atomic E-state index is 14.1. The molecule has 0 aliphatic carbocycles. The lowest BCUT2D eigenvalue weighted by Gasteiger charge is -2.31. The number of rotatable bonds is 10. The molecule has 0 N–H and O–H groups in total. The molecule has 2 aliphatic rings. The van der Waals surface area contributed by atoms with Crippen molar-refractivity contribution < 1.29 is 23.8 Å². The second-order valence-electron chi connectivity index (χ2n) is 10.6. The van der Waals surface area contributed by atoms with Gasteiger partial charge in [0.2, 0.25) is 0 Å². The molecule has 2 aromatic carbocycles. The van der Waals surface area contributed by atoms with E-state index in [-0.39, 0.29) is 24.4 Å². The van der Waals surface area contributed by atoms with Crippen molar-refractivity contribution in [1.82, 2.24) is 14.8 Å². The SMILES string of the molecule is COc1ccc([C@@H]2CC(c3ccc(C)c(C)c3)=NN2C(=O)CN(CCN2CCOCC2)C(=O)c2cccs2)cc1OC. The van der Waals surface area contributed by atoms with Crippen LogP contribution in [0.1, 0.15) is 44.4 Å². The molecular weight excluding hydrogens is 552 g/mol. The van der Waals surface area contributed by atoms with E-state index in [0.717, 1.165) is 29.9 Å². The second kappa shape index (κ2) is 13.5. The molecule has 0 unspecified atom stereocenters. The zero-order valence-electron chi connectivity index (χ0n) is 24.7. The van der Waals surface area contributed by atoms with E-state index in [0.29, 0.717) is 49.1 Å². The van der Waals surface area contributed by atoms with E-state index >= 15 is 0 Å². The van der Waals surface area contributed by atoms with Gasteiger partial charge in [-0.25, -0.2) is 5.01 Å². The van der Waals surface area contributed by atoms with Crippen LogP contribution in [0.25, 0.3) is 0 Å². The van der Waals surface area contributed by atoms with Gasteiger partial charge in [0.15, 0.2) is 11.5 Å². The average Bonchev–Trinajstić information content (AvgIpc) is 3.72. The smallest absolute Gasteiger partial charge is 0.264 e. The minimum absolute atomic E-state index is 0.0748. The van der Waals surface area contributed by atoms with E-state index < -0.39 is 0 Å². The van der Waals surface area contributed by atoms with E-state index in [1.807, 2.05) is 29.6 Å². The van der Waals surface area contributed by atoms with Gasteiger partial charge in [0.25, 0.3) is 11.8 Å². The van der Waals surface area contributed by atoms with Crippen molar-refractivity contribution in [1.29, 1.82) is 0 Å². The van der Waals surface area contributed by atoms with Crippen LogP contribution in [0.2, 0.25) is 0 Å². The van der Waals surface area contributed by atoms with Crippen LogP contribution < -0.4 is 9.47 Å². The molecule has 3 heterocycles. The van der Waals surface area contributed by atoms with E-state index in [9.17, 15) is 9.59 Å². The summed E-state index contributed by atoms with van der Waals surface area (Å²) in [6.07, 6.45) is 0.538. The van der Waals surface area contributed by atoms with Crippen molar-refractivity contribution >= 4 is 28.9 Å². The van der Waals surface area contributed by atoms with Crippen molar-refractivity contribution in [2.24, 2.45) is 5.10 Å². The predicted molar refractivity (Wildman–Crippen MR) is 164 cm³/mol. The van der Waals surface area contributed by atoms with E-state index in [1.165, 1.54) is 22.5 Å². The fourth-order valence-electron chi connectivity index (χ4n) is 5.29. The van der Waals surface area contributed by atoms with Crippen LogP contribution >= 0.6 is 11.3 Å². The van der Waals surface area contributed by atoms with E-state index in [2.05, 4.69) is 36.9 Å². The summed E-state index contributed by atoms with van der Waals surface area (Å²) < 4.78 is 16.5. The lowest BCUT2D eigenvalue weighted by Crippen LogP contribution is -2.46. The Balaban J connectivity index is 1.44. The molecule has 9 nitrogen and oxygen atoms in total. The second-order valence-corrected chi connectivity index (χ2v) is 11.5. The number of carbonyl (C=O) groups is 2. The molecule has 0 radical (unpaired) electrons. The molecule has 222 valence electrons. The van der Waals surface area contributed by atoms with Crippen LogP contribution in [-0.4, -0.2) is 92.5 Å². The number of morpholine rings is 1. The van der Waals surface area contributed by atoms with Gasteiger partial charge < -0.3 is 19.1 Å². The van der Waals surface area contributed by atoms with Gasteiger partial charge in [-0.05, 0) is 65.7 Å². The normalized spacial score (nSPS) is 17.2. The lowest BCUT2D eigenvalue weighted by molar-refractivity contribution is -0.133. The summed E-state index contributed by atoms with van der Waals surface area (Å²) in [6.45, 7) is 8.16. The van der Waals surface area contributed by atoms with Gasteiger partial charge in [-0.15, -0.1) is 11.3 Å². The van der Waals surface area contributed by atoms with Gasteiger partial charge in [-0.2, -0.15) is 5.10 Å². The minimum Gasteiger partial charge on any atom is -0.493 e. The molecule has 0 saturated carbocycles. The first kappa shape index (κ1) is 29.8. The molecule has 3 aromatic rings. The number of hydrazone groups is 1. The maximum absolute atomic E-state index is 14.1. The van der Waals surface area contributed by atoms with Crippen LogP contribution in [0.4, 0.5) is 0 Å². The summed E-state index contributed by atoms with van der Waals surface area (Å²) in [5.41, 5.74) is 5.06. The lowest BCUT2D eigenvalue weighted by atomic mass is 9.96. The first-order valence-electron chi connectivity index (χ1n) is 14.2. The topological polar surface area (TPSA) is 83.9 Å². The highest BCUT2D eigenvalue weighted by molar-refractivity contribution is 7.12. The molecule has 1 atom stereocenters. The zero-order valence-corrected chi connectivity index (χ0v) is 25.5. The highest BCUT2D eigenvalue weighted by atomic mass is 32.1. The highest BCUT2D eigenvalue weighted by Gasteiger charge is 2.35. The summed E-state index contributed by atoms with van der Waals surface area (Å²) in [4.78, 5) is 32.2. The van der Waals surface area contributed by atoms with Crippen molar-refractivity contribution in [2.75, 3.05) is 60.2 Å². The summed E-state index contributed by atoms with van der Waals surface area (Å²) in [5, 5.41) is 8.30. The number of aryl methyl sites for hydroxylation is 2. The van der Waals surface area contributed by atoms with Crippen molar-refractivity contribution in [3.63, 3.8) is 0 Å². The molecule has 42 heavy (non-hydrogen) atoms. The van der Waals surface area contributed by atoms with Gasteiger partial charge in [0.1, 0.15) is 6.54 Å². The third-order valence-electron chi connectivity index (χ3n) is 7.93. The van der Waals surface area contributed by atoms with Crippen molar-refractivity contribution in [3.8, 4) is 11.5 Å². The Morgan fingerprint density at radius 3 is 2.50 bits per heavy atom. The molecule has 1 fully saturated rings. The summed E-state index contributed by atoms with van der Waals surface area (Å²) >= 11 is 1.38. The van der Waals surface area contributed by atoms with Crippen LogP contribution in [0.3, 0.4) is 0 Å². The molecule has 2 amide bonds. The quantitative estimate of drug-likeness (QED) is 0.345. The molecule has 10 heteroatoms.